The van der Waals surface area contributed by atoms with Crippen LogP contribution in [0.15, 0.2) is 24.3 Å². The molecule has 0 spiro atoms. The summed E-state index contributed by atoms with van der Waals surface area (Å²) in [5, 5.41) is 3.44. The molecule has 0 aliphatic rings. The molecule has 0 heterocycles. The van der Waals surface area contributed by atoms with Crippen LogP contribution in [0.2, 0.25) is 0 Å². The van der Waals surface area contributed by atoms with E-state index in [9.17, 15) is 0 Å². The zero-order chi connectivity index (χ0) is 15.7. The van der Waals surface area contributed by atoms with Crippen molar-refractivity contribution in [2.24, 2.45) is 5.92 Å². The number of likely N-dealkylation sites (N-methyl/N-ethyl adjacent to an activating group) is 1. The molecule has 1 N–H and O–H groups in total. The fourth-order valence-corrected chi connectivity index (χ4v) is 2.17. The highest BCUT2D eigenvalue weighted by molar-refractivity contribution is 5.33. The lowest BCUT2D eigenvalue weighted by atomic mass is 10.1. The molecule has 120 valence electrons. The molecule has 0 saturated heterocycles. The smallest absolute Gasteiger partial charge is 0.123 e. The Balaban J connectivity index is 2.40. The van der Waals surface area contributed by atoms with Crippen LogP contribution in [0.5, 0.6) is 5.75 Å². The van der Waals surface area contributed by atoms with E-state index in [0.29, 0.717) is 6.04 Å². The summed E-state index contributed by atoms with van der Waals surface area (Å²) in [6.07, 6.45) is 1.23. The van der Waals surface area contributed by atoms with Gasteiger partial charge in [-0.3, -0.25) is 0 Å². The second-order valence-corrected chi connectivity index (χ2v) is 6.27. The van der Waals surface area contributed by atoms with Crippen molar-refractivity contribution in [1.82, 2.24) is 10.2 Å². The lowest BCUT2D eigenvalue weighted by Crippen LogP contribution is -2.29. The Kier molecular flexibility index (Phi) is 8.40. The van der Waals surface area contributed by atoms with Crippen LogP contribution in [-0.4, -0.2) is 37.7 Å². The summed E-state index contributed by atoms with van der Waals surface area (Å²) in [6, 6.07) is 8.79. The van der Waals surface area contributed by atoms with Crippen molar-refractivity contribution < 1.29 is 4.74 Å². The highest BCUT2D eigenvalue weighted by Gasteiger charge is 2.06. The summed E-state index contributed by atoms with van der Waals surface area (Å²) in [6.45, 7) is 12.6. The minimum absolute atomic E-state index is 0.486. The first-order chi connectivity index (χ1) is 10.0. The lowest BCUT2D eigenvalue weighted by Gasteiger charge is -2.21. The number of benzene rings is 1. The van der Waals surface area contributed by atoms with Gasteiger partial charge in [-0.05, 0) is 19.0 Å². The van der Waals surface area contributed by atoms with Gasteiger partial charge >= 0.3 is 0 Å². The number of nitrogens with zero attached hydrogens (tertiary/aromatic N) is 1. The molecular formula is C18H32N2O. The van der Waals surface area contributed by atoms with Gasteiger partial charge < -0.3 is 15.0 Å². The van der Waals surface area contributed by atoms with Crippen LogP contribution in [0.25, 0.3) is 0 Å². The van der Waals surface area contributed by atoms with Gasteiger partial charge in [0.2, 0.25) is 0 Å². The highest BCUT2D eigenvalue weighted by Crippen LogP contribution is 2.17. The molecule has 0 aliphatic carbocycles. The van der Waals surface area contributed by atoms with E-state index in [1.807, 2.05) is 6.07 Å². The SMILES string of the molecule is CCC(C)CN(C)CCOc1ccccc1CNC(C)C. The van der Waals surface area contributed by atoms with E-state index in [0.717, 1.165) is 37.9 Å². The Hall–Kier alpha value is -1.06. The number of ether oxygens (including phenoxy) is 1. The average molecular weight is 292 g/mol. The standard InChI is InChI=1S/C18H32N2O/c1-6-16(4)14-20(5)11-12-21-18-10-8-7-9-17(18)13-19-15(2)3/h7-10,15-16,19H,6,11-14H2,1-5H3. The second-order valence-electron chi connectivity index (χ2n) is 6.27. The van der Waals surface area contributed by atoms with E-state index in [1.54, 1.807) is 0 Å². The van der Waals surface area contributed by atoms with Crippen molar-refractivity contribution in [3.8, 4) is 5.75 Å². The molecule has 0 aromatic heterocycles. The van der Waals surface area contributed by atoms with E-state index in [4.69, 9.17) is 4.74 Å². The Morgan fingerprint density at radius 2 is 1.90 bits per heavy atom. The first-order valence-electron chi connectivity index (χ1n) is 8.15. The van der Waals surface area contributed by atoms with Crippen molar-refractivity contribution in [2.45, 2.75) is 46.7 Å². The van der Waals surface area contributed by atoms with Gasteiger partial charge in [-0.2, -0.15) is 0 Å². The third kappa shape index (κ3) is 7.49. The molecule has 0 fully saturated rings. The number of hydrogen-bond donors (Lipinski definition) is 1. The monoisotopic (exact) mass is 292 g/mol. The molecule has 0 amide bonds. The molecule has 0 aliphatic heterocycles. The van der Waals surface area contributed by atoms with Crippen molar-refractivity contribution in [3.05, 3.63) is 29.8 Å². The first-order valence-corrected chi connectivity index (χ1v) is 8.15. The Morgan fingerprint density at radius 1 is 1.19 bits per heavy atom. The zero-order valence-corrected chi connectivity index (χ0v) is 14.4. The van der Waals surface area contributed by atoms with Crippen LogP contribution in [0.4, 0.5) is 0 Å². The van der Waals surface area contributed by atoms with Gasteiger partial charge in [0, 0.05) is 31.2 Å². The van der Waals surface area contributed by atoms with Gasteiger partial charge in [0.15, 0.2) is 0 Å². The molecule has 0 bridgehead atoms. The zero-order valence-electron chi connectivity index (χ0n) is 14.4. The normalized spacial score (nSPS) is 12.9. The lowest BCUT2D eigenvalue weighted by molar-refractivity contribution is 0.216. The summed E-state index contributed by atoms with van der Waals surface area (Å²) >= 11 is 0. The minimum Gasteiger partial charge on any atom is -0.492 e. The van der Waals surface area contributed by atoms with E-state index in [1.165, 1.54) is 12.0 Å². The van der Waals surface area contributed by atoms with Crippen LogP contribution in [0.3, 0.4) is 0 Å². The van der Waals surface area contributed by atoms with Gasteiger partial charge in [-0.25, -0.2) is 0 Å². The topological polar surface area (TPSA) is 24.5 Å². The molecule has 0 saturated carbocycles. The van der Waals surface area contributed by atoms with Crippen molar-refractivity contribution >= 4 is 0 Å². The van der Waals surface area contributed by atoms with Crippen molar-refractivity contribution in [1.29, 1.82) is 0 Å². The van der Waals surface area contributed by atoms with Gasteiger partial charge in [0.25, 0.3) is 0 Å². The molecular weight excluding hydrogens is 260 g/mol. The maximum atomic E-state index is 5.97. The van der Waals surface area contributed by atoms with E-state index >= 15 is 0 Å². The number of hydrogen-bond acceptors (Lipinski definition) is 3. The van der Waals surface area contributed by atoms with Crippen LogP contribution in [0.1, 0.15) is 39.7 Å². The van der Waals surface area contributed by atoms with Crippen LogP contribution in [-0.2, 0) is 6.54 Å². The Bertz CT molecular complexity index is 393. The summed E-state index contributed by atoms with van der Waals surface area (Å²) in [4.78, 5) is 2.35. The molecule has 21 heavy (non-hydrogen) atoms. The number of nitrogens with one attached hydrogen (secondary N) is 1. The first kappa shape index (κ1) is 18.0. The van der Waals surface area contributed by atoms with Crippen LogP contribution < -0.4 is 10.1 Å². The van der Waals surface area contributed by atoms with Gasteiger partial charge in [-0.1, -0.05) is 52.3 Å². The van der Waals surface area contributed by atoms with Crippen molar-refractivity contribution in [2.75, 3.05) is 26.7 Å². The highest BCUT2D eigenvalue weighted by atomic mass is 16.5. The fourth-order valence-electron chi connectivity index (χ4n) is 2.17. The summed E-state index contributed by atoms with van der Waals surface area (Å²) < 4.78 is 5.97. The Morgan fingerprint density at radius 3 is 2.57 bits per heavy atom. The maximum absolute atomic E-state index is 5.97. The second kappa shape index (κ2) is 9.80. The molecule has 3 nitrogen and oxygen atoms in total. The Labute approximate surface area is 130 Å². The predicted octanol–water partition coefficient (Wildman–Crippen LogP) is 3.54. The fraction of sp³-hybridized carbons (Fsp3) is 0.667. The van der Waals surface area contributed by atoms with Gasteiger partial charge in [-0.15, -0.1) is 0 Å². The molecule has 1 rings (SSSR count). The van der Waals surface area contributed by atoms with E-state index < -0.39 is 0 Å². The molecule has 1 aromatic carbocycles. The summed E-state index contributed by atoms with van der Waals surface area (Å²) in [7, 11) is 2.17. The average Bonchev–Trinajstić information content (AvgIpc) is 2.46. The largest absolute Gasteiger partial charge is 0.492 e. The summed E-state index contributed by atoms with van der Waals surface area (Å²) in [5.41, 5.74) is 1.23. The molecule has 1 atom stereocenters. The van der Waals surface area contributed by atoms with Gasteiger partial charge in [0.05, 0.1) is 0 Å². The number of rotatable bonds is 10. The van der Waals surface area contributed by atoms with Crippen LogP contribution in [0, 0.1) is 5.92 Å². The van der Waals surface area contributed by atoms with Crippen LogP contribution >= 0.6 is 0 Å². The number of para-hydroxylation sites is 1. The predicted molar refractivity (Wildman–Crippen MR) is 90.9 cm³/mol. The quantitative estimate of drug-likeness (QED) is 0.714. The molecule has 1 aromatic rings. The van der Waals surface area contributed by atoms with Gasteiger partial charge in [0.1, 0.15) is 12.4 Å². The maximum Gasteiger partial charge on any atom is 0.123 e. The minimum atomic E-state index is 0.486. The molecule has 1 unspecified atom stereocenters. The molecule has 0 radical (unpaired) electrons. The molecule has 3 heteroatoms. The van der Waals surface area contributed by atoms with E-state index in [2.05, 4.69) is 63.2 Å². The third-order valence-corrected chi connectivity index (χ3v) is 3.72. The third-order valence-electron chi connectivity index (χ3n) is 3.72. The van der Waals surface area contributed by atoms with Crippen molar-refractivity contribution in [3.63, 3.8) is 0 Å². The summed E-state index contributed by atoms with van der Waals surface area (Å²) in [5.74, 6) is 1.75. The van der Waals surface area contributed by atoms with E-state index in [-0.39, 0.29) is 0 Å².